The maximum atomic E-state index is 10.8. The summed E-state index contributed by atoms with van der Waals surface area (Å²) in [5.41, 5.74) is 0.894. The molecule has 0 fully saturated rings. The predicted octanol–water partition coefficient (Wildman–Crippen LogP) is 3.37. The van der Waals surface area contributed by atoms with E-state index in [1.165, 1.54) is 6.92 Å². The summed E-state index contributed by atoms with van der Waals surface area (Å²) in [5.74, 6) is 0.283. The molecule has 0 saturated carbocycles. The first kappa shape index (κ1) is 11.0. The van der Waals surface area contributed by atoms with Crippen LogP contribution in [0.25, 0.3) is 5.76 Å². The van der Waals surface area contributed by atoms with Crippen LogP contribution in [0.4, 0.5) is 0 Å². The molecule has 0 bridgehead atoms. The highest BCUT2D eigenvalue weighted by atomic mass is 79.9. The molecule has 0 spiro atoms. The van der Waals surface area contributed by atoms with E-state index in [-0.39, 0.29) is 5.97 Å². The molecule has 0 aromatic heterocycles. The van der Waals surface area contributed by atoms with Gasteiger partial charge in [0, 0.05) is 17.0 Å². The Balaban J connectivity index is 2.91. The van der Waals surface area contributed by atoms with Crippen molar-refractivity contribution in [2.45, 2.75) is 13.8 Å². The maximum Gasteiger partial charge on any atom is 0.308 e. The van der Waals surface area contributed by atoms with Crippen LogP contribution in [-0.2, 0) is 9.53 Å². The van der Waals surface area contributed by atoms with Crippen LogP contribution in [-0.4, -0.2) is 5.97 Å². The number of hydrogen-bond donors (Lipinski definition) is 0. The van der Waals surface area contributed by atoms with Crippen molar-refractivity contribution in [1.29, 1.82) is 0 Å². The van der Waals surface area contributed by atoms with Gasteiger partial charge < -0.3 is 4.74 Å². The first-order chi connectivity index (χ1) is 6.63. The number of carbonyl (C=O) groups is 1. The summed E-state index contributed by atoms with van der Waals surface area (Å²) in [6, 6.07) is 7.59. The highest BCUT2D eigenvalue weighted by Crippen LogP contribution is 2.18. The smallest absolute Gasteiger partial charge is 0.308 e. The van der Waals surface area contributed by atoms with E-state index in [1.54, 1.807) is 6.08 Å². The largest absolute Gasteiger partial charge is 0.426 e. The van der Waals surface area contributed by atoms with Gasteiger partial charge in [0.1, 0.15) is 5.76 Å². The topological polar surface area (TPSA) is 26.3 Å². The van der Waals surface area contributed by atoms with Crippen molar-refractivity contribution in [1.82, 2.24) is 0 Å². The van der Waals surface area contributed by atoms with Crippen molar-refractivity contribution >= 4 is 27.7 Å². The van der Waals surface area contributed by atoms with Crippen LogP contribution >= 0.6 is 15.9 Å². The minimum Gasteiger partial charge on any atom is -0.426 e. The molecule has 3 heteroatoms. The quantitative estimate of drug-likeness (QED) is 0.598. The van der Waals surface area contributed by atoms with Crippen LogP contribution < -0.4 is 0 Å². The zero-order valence-electron chi connectivity index (χ0n) is 8.08. The summed E-state index contributed by atoms with van der Waals surface area (Å²) < 4.78 is 6.03. The van der Waals surface area contributed by atoms with Crippen molar-refractivity contribution in [3.8, 4) is 0 Å². The van der Waals surface area contributed by atoms with Gasteiger partial charge in [0.25, 0.3) is 0 Å². The number of esters is 1. The van der Waals surface area contributed by atoms with Crippen molar-refractivity contribution in [2.75, 3.05) is 0 Å². The van der Waals surface area contributed by atoms with E-state index in [2.05, 4.69) is 15.9 Å². The summed E-state index contributed by atoms with van der Waals surface area (Å²) in [7, 11) is 0. The molecule has 0 aliphatic rings. The number of allylic oxidation sites excluding steroid dienone is 1. The number of halogens is 1. The Labute approximate surface area is 91.7 Å². The number of carbonyl (C=O) groups excluding carboxylic acids is 1. The molecular formula is C11H11BrO2. The molecule has 0 saturated heterocycles. The normalized spacial score (nSPS) is 11.2. The molecule has 14 heavy (non-hydrogen) atoms. The average molecular weight is 255 g/mol. The molecule has 0 N–H and O–H groups in total. The molecule has 2 nitrogen and oxygen atoms in total. The van der Waals surface area contributed by atoms with Crippen LogP contribution in [0.2, 0.25) is 0 Å². The maximum absolute atomic E-state index is 10.8. The van der Waals surface area contributed by atoms with E-state index >= 15 is 0 Å². The second-order valence-electron chi connectivity index (χ2n) is 2.75. The van der Waals surface area contributed by atoms with Gasteiger partial charge in [-0.1, -0.05) is 28.1 Å². The van der Waals surface area contributed by atoms with Gasteiger partial charge >= 0.3 is 5.97 Å². The fraction of sp³-hybridized carbons (Fsp3) is 0.182. The monoisotopic (exact) mass is 254 g/mol. The Morgan fingerprint density at radius 3 is 2.36 bits per heavy atom. The Hall–Kier alpha value is -1.09. The van der Waals surface area contributed by atoms with Gasteiger partial charge in [0.2, 0.25) is 0 Å². The number of rotatable bonds is 2. The van der Waals surface area contributed by atoms with Crippen molar-refractivity contribution in [3.05, 3.63) is 40.4 Å². The van der Waals surface area contributed by atoms with Gasteiger partial charge in [0.15, 0.2) is 0 Å². The summed E-state index contributed by atoms with van der Waals surface area (Å²) in [6.07, 6.45) is 1.77. The van der Waals surface area contributed by atoms with E-state index in [0.717, 1.165) is 10.0 Å². The lowest BCUT2D eigenvalue weighted by atomic mass is 10.2. The summed E-state index contributed by atoms with van der Waals surface area (Å²) in [6.45, 7) is 3.22. The highest BCUT2D eigenvalue weighted by Gasteiger charge is 2.03. The van der Waals surface area contributed by atoms with E-state index in [0.29, 0.717) is 5.76 Å². The zero-order chi connectivity index (χ0) is 10.6. The van der Waals surface area contributed by atoms with Crippen LogP contribution in [0.1, 0.15) is 19.4 Å². The Bertz CT molecular complexity index is 352. The van der Waals surface area contributed by atoms with Gasteiger partial charge in [-0.25, -0.2) is 0 Å². The second kappa shape index (κ2) is 4.96. The summed E-state index contributed by atoms with van der Waals surface area (Å²) in [5, 5.41) is 0. The summed E-state index contributed by atoms with van der Waals surface area (Å²) >= 11 is 3.34. The molecule has 1 aromatic carbocycles. The molecule has 0 atom stereocenters. The Morgan fingerprint density at radius 2 is 1.93 bits per heavy atom. The SMILES string of the molecule is C/C=C(\OC(C)=O)c1ccc(Br)cc1. The third-order valence-electron chi connectivity index (χ3n) is 1.64. The summed E-state index contributed by atoms with van der Waals surface area (Å²) in [4.78, 5) is 10.8. The fourth-order valence-corrected chi connectivity index (χ4v) is 1.32. The Kier molecular flexibility index (Phi) is 3.89. The molecule has 0 heterocycles. The molecule has 1 rings (SSSR count). The van der Waals surface area contributed by atoms with E-state index in [1.807, 2.05) is 31.2 Å². The van der Waals surface area contributed by atoms with Crippen LogP contribution in [0, 0.1) is 0 Å². The zero-order valence-corrected chi connectivity index (χ0v) is 9.67. The molecule has 0 radical (unpaired) electrons. The average Bonchev–Trinajstić information content (AvgIpc) is 2.15. The minimum absolute atomic E-state index is 0.305. The molecular weight excluding hydrogens is 244 g/mol. The number of ether oxygens (including phenoxy) is 1. The lowest BCUT2D eigenvalue weighted by Crippen LogP contribution is -1.97. The van der Waals surface area contributed by atoms with Gasteiger partial charge in [-0.05, 0) is 25.1 Å². The molecule has 0 aliphatic heterocycles. The van der Waals surface area contributed by atoms with Crippen molar-refractivity contribution in [2.24, 2.45) is 0 Å². The third-order valence-corrected chi connectivity index (χ3v) is 2.17. The fourth-order valence-electron chi connectivity index (χ4n) is 1.05. The van der Waals surface area contributed by atoms with Crippen LogP contribution in [0.5, 0.6) is 0 Å². The molecule has 1 aromatic rings. The van der Waals surface area contributed by atoms with Crippen molar-refractivity contribution in [3.63, 3.8) is 0 Å². The molecule has 74 valence electrons. The van der Waals surface area contributed by atoms with Crippen molar-refractivity contribution < 1.29 is 9.53 Å². The molecule has 0 aliphatic carbocycles. The standard InChI is InChI=1S/C11H11BrO2/c1-3-11(14-8(2)13)9-4-6-10(12)7-5-9/h3-7H,1-2H3/b11-3-. The lowest BCUT2D eigenvalue weighted by Gasteiger charge is -2.06. The Morgan fingerprint density at radius 1 is 1.36 bits per heavy atom. The highest BCUT2D eigenvalue weighted by molar-refractivity contribution is 9.10. The first-order valence-electron chi connectivity index (χ1n) is 4.24. The van der Waals surface area contributed by atoms with E-state index in [4.69, 9.17) is 4.74 Å². The number of hydrogen-bond acceptors (Lipinski definition) is 2. The minimum atomic E-state index is -0.305. The predicted molar refractivity (Wildman–Crippen MR) is 59.6 cm³/mol. The van der Waals surface area contributed by atoms with E-state index in [9.17, 15) is 4.79 Å². The first-order valence-corrected chi connectivity index (χ1v) is 5.03. The molecule has 0 unspecified atom stereocenters. The van der Waals surface area contributed by atoms with Gasteiger partial charge in [0.05, 0.1) is 0 Å². The van der Waals surface area contributed by atoms with Gasteiger partial charge in [-0.2, -0.15) is 0 Å². The van der Waals surface area contributed by atoms with Gasteiger partial charge in [-0.15, -0.1) is 0 Å². The number of benzene rings is 1. The third kappa shape index (κ3) is 3.00. The molecule has 0 amide bonds. The lowest BCUT2D eigenvalue weighted by molar-refractivity contribution is -0.134. The van der Waals surface area contributed by atoms with Gasteiger partial charge in [-0.3, -0.25) is 4.79 Å². The van der Waals surface area contributed by atoms with Crippen LogP contribution in [0.3, 0.4) is 0 Å². The van der Waals surface area contributed by atoms with Crippen LogP contribution in [0.15, 0.2) is 34.8 Å². The second-order valence-corrected chi connectivity index (χ2v) is 3.67. The van der Waals surface area contributed by atoms with E-state index < -0.39 is 0 Å².